The summed E-state index contributed by atoms with van der Waals surface area (Å²) in [5, 5.41) is 3.10. The van der Waals surface area contributed by atoms with Crippen LogP contribution < -0.4 is 5.32 Å². The van der Waals surface area contributed by atoms with Crippen molar-refractivity contribution < 1.29 is 4.79 Å². The summed E-state index contributed by atoms with van der Waals surface area (Å²) in [4.78, 5) is 17.1. The zero-order chi connectivity index (χ0) is 13.0. The van der Waals surface area contributed by atoms with E-state index in [1.807, 2.05) is 6.92 Å². The average Bonchev–Trinajstić information content (AvgIpc) is 2.61. The molecule has 0 aliphatic heterocycles. The third-order valence-corrected chi connectivity index (χ3v) is 4.50. The number of rotatable bonds is 2. The number of halogens is 1. The van der Waals surface area contributed by atoms with Gasteiger partial charge in [-0.1, -0.05) is 43.7 Å². The predicted octanol–water partition coefficient (Wildman–Crippen LogP) is 3.95. The van der Waals surface area contributed by atoms with Gasteiger partial charge in [0.15, 0.2) is 4.47 Å². The van der Waals surface area contributed by atoms with Gasteiger partial charge in [0.25, 0.3) is 5.91 Å². The monoisotopic (exact) mass is 286 g/mol. The molecule has 0 atom stereocenters. The Bertz CT molecular complexity index is 411. The summed E-state index contributed by atoms with van der Waals surface area (Å²) in [6, 6.07) is 0.303. The summed E-state index contributed by atoms with van der Waals surface area (Å²) in [6.07, 6.45) is 8.50. The van der Waals surface area contributed by atoms with Gasteiger partial charge < -0.3 is 5.32 Å². The maximum atomic E-state index is 12.1. The Labute approximate surface area is 117 Å². The molecule has 1 amide bonds. The first-order valence-electron chi connectivity index (χ1n) is 6.60. The third kappa shape index (κ3) is 3.69. The molecule has 0 aromatic carbocycles. The highest BCUT2D eigenvalue weighted by molar-refractivity contribution is 7.15. The summed E-state index contributed by atoms with van der Waals surface area (Å²) >= 11 is 7.19. The van der Waals surface area contributed by atoms with E-state index in [2.05, 4.69) is 10.3 Å². The largest absolute Gasteiger partial charge is 0.348 e. The molecule has 2 rings (SSSR count). The molecule has 1 aromatic heterocycles. The number of carbonyl (C=O) groups is 1. The fourth-order valence-electron chi connectivity index (χ4n) is 2.43. The molecule has 1 aromatic rings. The number of hydrogen-bond donors (Lipinski definition) is 1. The lowest BCUT2D eigenvalue weighted by atomic mass is 9.96. The standard InChI is InChI=1S/C13H19ClN2OS/c1-9-11(16-13(14)18-9)12(17)15-10-7-5-3-2-4-6-8-10/h10H,2-8H2,1H3,(H,15,17). The van der Waals surface area contributed by atoms with Gasteiger partial charge in [-0.25, -0.2) is 4.98 Å². The van der Waals surface area contributed by atoms with Gasteiger partial charge in [0.2, 0.25) is 0 Å². The number of amides is 1. The molecule has 5 heteroatoms. The molecule has 0 saturated heterocycles. The first kappa shape index (κ1) is 13.8. The average molecular weight is 287 g/mol. The molecular formula is C13H19ClN2OS. The summed E-state index contributed by atoms with van der Waals surface area (Å²) in [6.45, 7) is 1.89. The topological polar surface area (TPSA) is 42.0 Å². The fourth-order valence-corrected chi connectivity index (χ4v) is 3.49. The molecular weight excluding hydrogens is 268 g/mol. The van der Waals surface area contributed by atoms with Crippen molar-refractivity contribution in [1.29, 1.82) is 0 Å². The van der Waals surface area contributed by atoms with Crippen molar-refractivity contribution in [1.82, 2.24) is 10.3 Å². The van der Waals surface area contributed by atoms with E-state index in [9.17, 15) is 4.79 Å². The highest BCUT2D eigenvalue weighted by Crippen LogP contribution is 2.22. The van der Waals surface area contributed by atoms with E-state index in [0.29, 0.717) is 16.2 Å². The number of hydrogen-bond acceptors (Lipinski definition) is 3. The van der Waals surface area contributed by atoms with Crippen LogP contribution >= 0.6 is 22.9 Å². The SMILES string of the molecule is Cc1sc(Cl)nc1C(=O)NC1CCCCCCC1. The number of carbonyl (C=O) groups excluding carboxylic acids is 1. The van der Waals surface area contributed by atoms with Crippen LogP contribution in [0, 0.1) is 6.92 Å². The maximum absolute atomic E-state index is 12.1. The minimum absolute atomic E-state index is 0.0683. The molecule has 100 valence electrons. The Morgan fingerprint density at radius 2 is 1.89 bits per heavy atom. The number of nitrogens with one attached hydrogen (secondary N) is 1. The molecule has 1 fully saturated rings. The van der Waals surface area contributed by atoms with E-state index >= 15 is 0 Å². The number of aromatic nitrogens is 1. The van der Waals surface area contributed by atoms with E-state index in [0.717, 1.165) is 17.7 Å². The molecule has 1 saturated carbocycles. The molecule has 1 aliphatic rings. The first-order valence-corrected chi connectivity index (χ1v) is 7.80. The molecule has 1 aliphatic carbocycles. The van der Waals surface area contributed by atoms with Crippen molar-refractivity contribution in [2.45, 2.75) is 57.9 Å². The lowest BCUT2D eigenvalue weighted by molar-refractivity contribution is 0.0925. The Hall–Kier alpha value is -0.610. The quantitative estimate of drug-likeness (QED) is 0.894. The van der Waals surface area contributed by atoms with E-state index in [4.69, 9.17) is 11.6 Å². The Balaban J connectivity index is 1.95. The van der Waals surface area contributed by atoms with E-state index in [-0.39, 0.29) is 5.91 Å². The molecule has 0 radical (unpaired) electrons. The van der Waals surface area contributed by atoms with Crippen molar-refractivity contribution in [2.24, 2.45) is 0 Å². The summed E-state index contributed by atoms with van der Waals surface area (Å²) in [7, 11) is 0. The van der Waals surface area contributed by atoms with E-state index in [1.165, 1.54) is 43.4 Å². The van der Waals surface area contributed by atoms with E-state index < -0.39 is 0 Å². The van der Waals surface area contributed by atoms with Crippen LogP contribution in [0.3, 0.4) is 0 Å². The molecule has 0 bridgehead atoms. The van der Waals surface area contributed by atoms with Gasteiger partial charge in [0, 0.05) is 10.9 Å². The number of nitrogens with zero attached hydrogens (tertiary/aromatic N) is 1. The second-order valence-electron chi connectivity index (χ2n) is 4.89. The van der Waals surface area contributed by atoms with E-state index in [1.54, 1.807) is 0 Å². The van der Waals surface area contributed by atoms with Crippen LogP contribution in [0.2, 0.25) is 4.47 Å². The van der Waals surface area contributed by atoms with Crippen LogP contribution in [0.25, 0.3) is 0 Å². The summed E-state index contributed by atoms with van der Waals surface area (Å²) < 4.78 is 0.440. The van der Waals surface area contributed by atoms with Crippen LogP contribution in [-0.4, -0.2) is 16.9 Å². The number of aryl methyl sites for hydroxylation is 1. The second kappa shape index (κ2) is 6.53. The van der Waals surface area contributed by atoms with Crippen molar-refractivity contribution in [3.63, 3.8) is 0 Å². The van der Waals surface area contributed by atoms with Crippen LogP contribution in [0.4, 0.5) is 0 Å². The molecule has 1 heterocycles. The predicted molar refractivity (Wildman–Crippen MR) is 75.4 cm³/mol. The Kier molecular flexibility index (Phi) is 5.01. The lowest BCUT2D eigenvalue weighted by Crippen LogP contribution is -2.35. The number of thiazole rings is 1. The zero-order valence-corrected chi connectivity index (χ0v) is 12.2. The van der Waals surface area contributed by atoms with Gasteiger partial charge in [0.1, 0.15) is 5.69 Å². The third-order valence-electron chi connectivity index (χ3n) is 3.43. The van der Waals surface area contributed by atoms with Crippen LogP contribution in [0.5, 0.6) is 0 Å². The molecule has 1 N–H and O–H groups in total. The van der Waals surface area contributed by atoms with Crippen molar-refractivity contribution in [3.8, 4) is 0 Å². The summed E-state index contributed by atoms with van der Waals surface area (Å²) in [5.74, 6) is -0.0683. The van der Waals surface area contributed by atoms with Gasteiger partial charge in [-0.05, 0) is 19.8 Å². The maximum Gasteiger partial charge on any atom is 0.271 e. The zero-order valence-electron chi connectivity index (χ0n) is 10.7. The van der Waals surface area contributed by atoms with Crippen molar-refractivity contribution >= 4 is 28.8 Å². The highest BCUT2D eigenvalue weighted by atomic mass is 35.5. The van der Waals surface area contributed by atoms with Crippen LogP contribution in [0.15, 0.2) is 0 Å². The van der Waals surface area contributed by atoms with Gasteiger partial charge in [-0.3, -0.25) is 4.79 Å². The normalized spacial score (nSPS) is 18.1. The molecule has 0 spiro atoms. The molecule has 18 heavy (non-hydrogen) atoms. The minimum atomic E-state index is -0.0683. The van der Waals surface area contributed by atoms with Crippen LogP contribution in [0.1, 0.15) is 60.3 Å². The molecule has 3 nitrogen and oxygen atoms in total. The van der Waals surface area contributed by atoms with Gasteiger partial charge in [0.05, 0.1) is 0 Å². The Morgan fingerprint density at radius 3 is 2.44 bits per heavy atom. The lowest BCUT2D eigenvalue weighted by Gasteiger charge is -2.20. The summed E-state index contributed by atoms with van der Waals surface area (Å²) in [5.41, 5.74) is 0.493. The van der Waals surface area contributed by atoms with Crippen molar-refractivity contribution in [2.75, 3.05) is 0 Å². The van der Waals surface area contributed by atoms with Crippen molar-refractivity contribution in [3.05, 3.63) is 15.0 Å². The highest BCUT2D eigenvalue weighted by Gasteiger charge is 2.19. The Morgan fingerprint density at radius 1 is 1.28 bits per heavy atom. The fraction of sp³-hybridized carbons (Fsp3) is 0.692. The van der Waals surface area contributed by atoms with Gasteiger partial charge >= 0.3 is 0 Å². The minimum Gasteiger partial charge on any atom is -0.348 e. The smallest absolute Gasteiger partial charge is 0.271 e. The van der Waals surface area contributed by atoms with Gasteiger partial charge in [-0.2, -0.15) is 0 Å². The molecule has 0 unspecified atom stereocenters. The van der Waals surface area contributed by atoms with Gasteiger partial charge in [-0.15, -0.1) is 11.3 Å². The first-order chi connectivity index (χ1) is 8.66. The van der Waals surface area contributed by atoms with Crippen LogP contribution in [-0.2, 0) is 0 Å². The second-order valence-corrected chi connectivity index (χ2v) is 6.67.